The third-order valence-electron chi connectivity index (χ3n) is 4.81. The van der Waals surface area contributed by atoms with E-state index in [4.69, 9.17) is 0 Å². The first kappa shape index (κ1) is 17.8. The van der Waals surface area contributed by atoms with Crippen LogP contribution in [0.4, 0.5) is 0 Å². The lowest BCUT2D eigenvalue weighted by molar-refractivity contribution is -0.151. The van der Waals surface area contributed by atoms with Gasteiger partial charge in [-0.05, 0) is 49.9 Å². The van der Waals surface area contributed by atoms with Crippen molar-refractivity contribution < 1.29 is 18.3 Å². The number of nitrogens with zero attached hydrogens (tertiary/aromatic N) is 2. The van der Waals surface area contributed by atoms with Crippen LogP contribution in [0.2, 0.25) is 0 Å². The second kappa shape index (κ2) is 6.74. The SMILES string of the molecule is O=C(N1CCN(S(=O)(=O)c2ccc(Br)cc2)CC1)C1(O)CCCC1. The molecule has 24 heavy (non-hydrogen) atoms. The Morgan fingerprint density at radius 1 is 1.04 bits per heavy atom. The number of aliphatic hydroxyl groups is 1. The van der Waals surface area contributed by atoms with Crippen molar-refractivity contribution in [2.24, 2.45) is 0 Å². The van der Waals surface area contributed by atoms with Crippen LogP contribution in [0.5, 0.6) is 0 Å². The number of rotatable bonds is 3. The smallest absolute Gasteiger partial charge is 0.254 e. The Hall–Kier alpha value is -0.960. The Bertz CT molecular complexity index is 706. The molecular weight excluding hydrogens is 396 g/mol. The predicted molar refractivity (Wildman–Crippen MR) is 92.9 cm³/mol. The maximum absolute atomic E-state index is 12.7. The van der Waals surface area contributed by atoms with Crippen LogP contribution in [-0.4, -0.2) is 60.4 Å². The lowest BCUT2D eigenvalue weighted by atomic mass is 10.0. The summed E-state index contributed by atoms with van der Waals surface area (Å²) in [5.74, 6) is -0.249. The van der Waals surface area contributed by atoms with Gasteiger partial charge in [-0.1, -0.05) is 15.9 Å². The van der Waals surface area contributed by atoms with Crippen LogP contribution in [0.1, 0.15) is 25.7 Å². The van der Waals surface area contributed by atoms with E-state index in [1.807, 2.05) is 0 Å². The molecule has 132 valence electrons. The Morgan fingerprint density at radius 3 is 2.12 bits per heavy atom. The summed E-state index contributed by atoms with van der Waals surface area (Å²) in [6.07, 6.45) is 2.73. The molecule has 1 amide bonds. The van der Waals surface area contributed by atoms with Crippen LogP contribution >= 0.6 is 15.9 Å². The van der Waals surface area contributed by atoms with Gasteiger partial charge in [0.15, 0.2) is 0 Å². The number of carbonyl (C=O) groups excluding carboxylic acids is 1. The second-order valence-corrected chi connectivity index (χ2v) is 9.24. The van der Waals surface area contributed by atoms with Gasteiger partial charge >= 0.3 is 0 Å². The molecule has 2 aliphatic rings. The fourth-order valence-corrected chi connectivity index (χ4v) is 5.04. The highest BCUT2D eigenvalue weighted by molar-refractivity contribution is 9.10. The summed E-state index contributed by atoms with van der Waals surface area (Å²) in [6, 6.07) is 6.53. The highest BCUT2D eigenvalue weighted by atomic mass is 79.9. The number of benzene rings is 1. The molecule has 0 atom stereocenters. The van der Waals surface area contributed by atoms with Gasteiger partial charge in [0.25, 0.3) is 5.91 Å². The molecule has 1 saturated carbocycles. The van der Waals surface area contributed by atoms with Crippen molar-refractivity contribution in [1.29, 1.82) is 0 Å². The Labute approximate surface area is 150 Å². The van der Waals surface area contributed by atoms with Crippen LogP contribution < -0.4 is 0 Å². The predicted octanol–water partition coefficient (Wildman–Crippen LogP) is 1.59. The number of carbonyl (C=O) groups is 1. The zero-order valence-corrected chi connectivity index (χ0v) is 15.7. The van der Waals surface area contributed by atoms with Crippen LogP contribution in [0.25, 0.3) is 0 Å². The van der Waals surface area contributed by atoms with E-state index in [0.29, 0.717) is 25.9 Å². The molecule has 1 saturated heterocycles. The molecular formula is C16H21BrN2O4S. The number of hydrogen-bond donors (Lipinski definition) is 1. The highest BCUT2D eigenvalue weighted by Crippen LogP contribution is 2.31. The quantitative estimate of drug-likeness (QED) is 0.811. The summed E-state index contributed by atoms with van der Waals surface area (Å²) in [5.41, 5.74) is -1.24. The zero-order valence-electron chi connectivity index (χ0n) is 13.3. The van der Waals surface area contributed by atoms with Gasteiger partial charge in [0.05, 0.1) is 4.90 Å². The van der Waals surface area contributed by atoms with E-state index in [-0.39, 0.29) is 23.9 Å². The molecule has 1 N–H and O–H groups in total. The van der Waals surface area contributed by atoms with Crippen LogP contribution in [0.3, 0.4) is 0 Å². The van der Waals surface area contributed by atoms with Gasteiger partial charge in [-0.3, -0.25) is 4.79 Å². The minimum Gasteiger partial charge on any atom is -0.380 e. The van der Waals surface area contributed by atoms with Crippen molar-refractivity contribution >= 4 is 31.9 Å². The summed E-state index contributed by atoms with van der Waals surface area (Å²) in [6.45, 7) is 1.13. The van der Waals surface area contributed by atoms with E-state index in [0.717, 1.165) is 17.3 Å². The van der Waals surface area contributed by atoms with Gasteiger partial charge in [0, 0.05) is 30.7 Å². The number of piperazine rings is 1. The normalized spacial score (nSPS) is 21.8. The first-order valence-electron chi connectivity index (χ1n) is 8.10. The molecule has 6 nitrogen and oxygen atoms in total. The van der Waals surface area contributed by atoms with Crippen molar-refractivity contribution in [1.82, 2.24) is 9.21 Å². The Balaban J connectivity index is 1.66. The minimum atomic E-state index is -3.55. The summed E-state index contributed by atoms with van der Waals surface area (Å²) >= 11 is 3.29. The number of halogens is 1. The molecule has 0 spiro atoms. The van der Waals surface area contributed by atoms with Crippen molar-refractivity contribution in [3.8, 4) is 0 Å². The first-order chi connectivity index (χ1) is 11.3. The topological polar surface area (TPSA) is 77.9 Å². The lowest BCUT2D eigenvalue weighted by Crippen LogP contribution is -2.55. The standard InChI is InChI=1S/C16H21BrN2O4S/c17-13-3-5-14(6-4-13)24(22,23)19-11-9-18(10-12-19)15(20)16(21)7-1-2-8-16/h3-6,21H,1-2,7-12H2. The van der Waals surface area contributed by atoms with Crippen LogP contribution in [0, 0.1) is 0 Å². The summed E-state index contributed by atoms with van der Waals surface area (Å²) in [5, 5.41) is 10.4. The van der Waals surface area contributed by atoms with E-state index in [1.54, 1.807) is 29.2 Å². The molecule has 3 rings (SSSR count). The lowest BCUT2D eigenvalue weighted by Gasteiger charge is -2.37. The summed E-state index contributed by atoms with van der Waals surface area (Å²) in [4.78, 5) is 14.3. The summed E-state index contributed by atoms with van der Waals surface area (Å²) in [7, 11) is -3.55. The van der Waals surface area contributed by atoms with Crippen LogP contribution in [-0.2, 0) is 14.8 Å². The number of hydrogen-bond acceptors (Lipinski definition) is 4. The van der Waals surface area contributed by atoms with Gasteiger partial charge < -0.3 is 10.0 Å². The minimum absolute atomic E-state index is 0.249. The molecule has 0 unspecified atom stereocenters. The van der Waals surface area contributed by atoms with Crippen molar-refractivity contribution in [2.75, 3.05) is 26.2 Å². The Morgan fingerprint density at radius 2 is 1.58 bits per heavy atom. The van der Waals surface area contributed by atoms with Gasteiger partial charge in [0.2, 0.25) is 10.0 Å². The van der Waals surface area contributed by atoms with Crippen molar-refractivity contribution in [2.45, 2.75) is 36.2 Å². The monoisotopic (exact) mass is 416 g/mol. The maximum atomic E-state index is 12.7. The van der Waals surface area contributed by atoms with Crippen molar-refractivity contribution in [3.63, 3.8) is 0 Å². The van der Waals surface area contributed by atoms with E-state index < -0.39 is 15.6 Å². The van der Waals surface area contributed by atoms with Gasteiger partial charge in [0.1, 0.15) is 5.60 Å². The molecule has 0 radical (unpaired) electrons. The fourth-order valence-electron chi connectivity index (χ4n) is 3.36. The van der Waals surface area contributed by atoms with E-state index in [9.17, 15) is 18.3 Å². The van der Waals surface area contributed by atoms with Gasteiger partial charge in [-0.25, -0.2) is 8.42 Å². The molecule has 0 bridgehead atoms. The molecule has 1 aromatic carbocycles. The largest absolute Gasteiger partial charge is 0.380 e. The average Bonchev–Trinajstić information content (AvgIpc) is 3.03. The average molecular weight is 417 g/mol. The molecule has 1 aromatic rings. The summed E-state index contributed by atoms with van der Waals surface area (Å²) < 4.78 is 27.5. The van der Waals surface area contributed by atoms with E-state index in [1.165, 1.54) is 4.31 Å². The fraction of sp³-hybridized carbons (Fsp3) is 0.562. The molecule has 1 heterocycles. The molecule has 0 aromatic heterocycles. The third-order valence-corrected chi connectivity index (χ3v) is 7.25. The molecule has 1 aliphatic carbocycles. The molecule has 8 heteroatoms. The van der Waals surface area contributed by atoms with E-state index in [2.05, 4.69) is 15.9 Å². The van der Waals surface area contributed by atoms with Crippen LogP contribution in [0.15, 0.2) is 33.6 Å². The Kier molecular flexibility index (Phi) is 5.01. The second-order valence-electron chi connectivity index (χ2n) is 6.39. The van der Waals surface area contributed by atoms with E-state index >= 15 is 0 Å². The number of amides is 1. The third kappa shape index (κ3) is 3.37. The molecule has 2 fully saturated rings. The molecule has 1 aliphatic heterocycles. The number of sulfonamides is 1. The highest BCUT2D eigenvalue weighted by Gasteiger charge is 2.42. The van der Waals surface area contributed by atoms with Gasteiger partial charge in [-0.2, -0.15) is 4.31 Å². The zero-order chi connectivity index (χ0) is 17.4. The van der Waals surface area contributed by atoms with Crippen molar-refractivity contribution in [3.05, 3.63) is 28.7 Å². The van der Waals surface area contributed by atoms with Gasteiger partial charge in [-0.15, -0.1) is 0 Å². The maximum Gasteiger partial charge on any atom is 0.254 e. The first-order valence-corrected chi connectivity index (χ1v) is 10.3.